The lowest BCUT2D eigenvalue weighted by Crippen LogP contribution is -2.45. The number of esters is 1. The van der Waals surface area contributed by atoms with Crippen LogP contribution in [-0.2, 0) is 20.9 Å². The summed E-state index contributed by atoms with van der Waals surface area (Å²) in [5, 5.41) is 0. The Balaban J connectivity index is 1.62. The molecule has 1 saturated heterocycles. The van der Waals surface area contributed by atoms with Crippen LogP contribution >= 0.6 is 0 Å². The number of hydrogen-bond donors (Lipinski definition) is 0. The number of ether oxygens (including phenoxy) is 1. The molecule has 0 N–H and O–H groups in total. The summed E-state index contributed by atoms with van der Waals surface area (Å²) in [4.78, 5) is 40.7. The first-order chi connectivity index (χ1) is 14.5. The van der Waals surface area contributed by atoms with Gasteiger partial charge in [-0.1, -0.05) is 30.3 Å². The third-order valence-corrected chi connectivity index (χ3v) is 5.30. The largest absolute Gasteiger partial charge is 0.468 e. The van der Waals surface area contributed by atoms with Gasteiger partial charge >= 0.3 is 5.97 Å². The third kappa shape index (κ3) is 5.43. The van der Waals surface area contributed by atoms with Crippen molar-refractivity contribution in [2.75, 3.05) is 26.7 Å². The van der Waals surface area contributed by atoms with E-state index in [0.717, 1.165) is 5.56 Å². The summed E-state index contributed by atoms with van der Waals surface area (Å²) in [5.41, 5.74) is 1.36. The van der Waals surface area contributed by atoms with E-state index < -0.39 is 5.97 Å². The molecule has 0 atom stereocenters. The molecule has 0 spiro atoms. The van der Waals surface area contributed by atoms with E-state index in [1.54, 1.807) is 4.90 Å². The number of carbonyl (C=O) groups is 3. The van der Waals surface area contributed by atoms with Crippen LogP contribution in [0.5, 0.6) is 0 Å². The number of piperidine rings is 1. The lowest BCUT2D eigenvalue weighted by Gasteiger charge is -2.34. The third-order valence-electron chi connectivity index (χ3n) is 5.30. The maximum absolute atomic E-state index is 13.1. The van der Waals surface area contributed by atoms with Gasteiger partial charge in [0.05, 0.1) is 7.11 Å². The van der Waals surface area contributed by atoms with Gasteiger partial charge in [0.25, 0.3) is 5.91 Å². The van der Waals surface area contributed by atoms with Crippen LogP contribution in [0, 0.1) is 11.7 Å². The zero-order chi connectivity index (χ0) is 21.5. The maximum atomic E-state index is 13.1. The van der Waals surface area contributed by atoms with Gasteiger partial charge in [0.1, 0.15) is 12.4 Å². The van der Waals surface area contributed by atoms with Crippen molar-refractivity contribution in [3.63, 3.8) is 0 Å². The second-order valence-electron chi connectivity index (χ2n) is 7.33. The molecule has 0 radical (unpaired) electrons. The number of rotatable bonds is 6. The average molecular weight is 412 g/mol. The van der Waals surface area contributed by atoms with Crippen LogP contribution < -0.4 is 0 Å². The van der Waals surface area contributed by atoms with Gasteiger partial charge in [-0.3, -0.25) is 14.4 Å². The molecule has 1 fully saturated rings. The van der Waals surface area contributed by atoms with Gasteiger partial charge in [0.15, 0.2) is 0 Å². The molecular weight excluding hydrogens is 387 g/mol. The fraction of sp³-hybridized carbons (Fsp3) is 0.348. The van der Waals surface area contributed by atoms with Crippen LogP contribution in [0.2, 0.25) is 0 Å². The van der Waals surface area contributed by atoms with E-state index in [4.69, 9.17) is 4.74 Å². The Morgan fingerprint density at radius 3 is 2.27 bits per heavy atom. The molecule has 1 heterocycles. The molecule has 0 unspecified atom stereocenters. The minimum Gasteiger partial charge on any atom is -0.468 e. The smallest absolute Gasteiger partial charge is 0.325 e. The summed E-state index contributed by atoms with van der Waals surface area (Å²) in [7, 11) is 1.30. The number of carbonyl (C=O) groups excluding carboxylic acids is 3. The number of amides is 2. The van der Waals surface area contributed by atoms with Crippen LogP contribution in [-0.4, -0.2) is 54.3 Å². The summed E-state index contributed by atoms with van der Waals surface area (Å²) in [6, 6.07) is 14.9. The van der Waals surface area contributed by atoms with Crippen molar-refractivity contribution in [1.82, 2.24) is 9.80 Å². The predicted octanol–water partition coefficient (Wildman–Crippen LogP) is 2.88. The number of halogens is 1. The molecule has 158 valence electrons. The Bertz CT molecular complexity index is 878. The van der Waals surface area contributed by atoms with Gasteiger partial charge in [0.2, 0.25) is 5.91 Å². The quantitative estimate of drug-likeness (QED) is 0.685. The summed E-state index contributed by atoms with van der Waals surface area (Å²) >= 11 is 0. The molecule has 0 aromatic heterocycles. The number of likely N-dealkylation sites (tertiary alicyclic amines) is 1. The van der Waals surface area contributed by atoms with E-state index in [0.29, 0.717) is 38.0 Å². The summed E-state index contributed by atoms with van der Waals surface area (Å²) < 4.78 is 17.8. The van der Waals surface area contributed by atoms with E-state index in [1.165, 1.54) is 36.3 Å². The first-order valence-electron chi connectivity index (χ1n) is 9.92. The van der Waals surface area contributed by atoms with Gasteiger partial charge in [-0.2, -0.15) is 0 Å². The summed E-state index contributed by atoms with van der Waals surface area (Å²) in [6.07, 6.45) is 1.02. The number of nitrogens with zero attached hydrogens (tertiary/aromatic N) is 2. The van der Waals surface area contributed by atoms with Gasteiger partial charge in [0, 0.05) is 31.1 Å². The molecule has 0 bridgehead atoms. The first-order valence-corrected chi connectivity index (χ1v) is 9.92. The fourth-order valence-corrected chi connectivity index (χ4v) is 3.60. The standard InChI is InChI=1S/C23H25FN2O4/c1-30-21(27)16-26(15-17-5-3-2-4-6-17)23(29)19-11-13-25(14-12-19)22(28)18-7-9-20(24)10-8-18/h2-10,19H,11-16H2,1H3. The normalized spacial score (nSPS) is 14.3. The highest BCUT2D eigenvalue weighted by Crippen LogP contribution is 2.22. The van der Waals surface area contributed by atoms with Crippen LogP contribution in [0.15, 0.2) is 54.6 Å². The number of methoxy groups -OCH3 is 1. The van der Waals surface area contributed by atoms with Crippen molar-refractivity contribution < 1.29 is 23.5 Å². The highest BCUT2D eigenvalue weighted by atomic mass is 19.1. The molecule has 0 aliphatic carbocycles. The van der Waals surface area contributed by atoms with E-state index in [1.807, 2.05) is 30.3 Å². The molecule has 1 aliphatic rings. The highest BCUT2D eigenvalue weighted by Gasteiger charge is 2.31. The van der Waals surface area contributed by atoms with E-state index in [-0.39, 0.29) is 30.1 Å². The minimum absolute atomic E-state index is 0.112. The second kappa shape index (κ2) is 10.0. The lowest BCUT2D eigenvalue weighted by molar-refractivity contribution is -0.149. The van der Waals surface area contributed by atoms with Gasteiger partial charge in [-0.25, -0.2) is 4.39 Å². The Kier molecular flexibility index (Phi) is 7.17. The predicted molar refractivity (Wildman–Crippen MR) is 109 cm³/mol. The van der Waals surface area contributed by atoms with Crippen LogP contribution in [0.25, 0.3) is 0 Å². The zero-order valence-electron chi connectivity index (χ0n) is 16.9. The molecular formula is C23H25FN2O4. The SMILES string of the molecule is COC(=O)CN(Cc1ccccc1)C(=O)C1CCN(C(=O)c2ccc(F)cc2)CC1. The number of hydrogen-bond acceptors (Lipinski definition) is 4. The van der Waals surface area contributed by atoms with Gasteiger partial charge in [-0.05, 0) is 42.7 Å². The van der Waals surface area contributed by atoms with E-state index in [9.17, 15) is 18.8 Å². The molecule has 6 nitrogen and oxygen atoms in total. The van der Waals surface area contributed by atoms with Crippen molar-refractivity contribution in [1.29, 1.82) is 0 Å². The molecule has 7 heteroatoms. The van der Waals surface area contributed by atoms with Crippen LogP contribution in [0.4, 0.5) is 4.39 Å². The van der Waals surface area contributed by atoms with Crippen molar-refractivity contribution in [3.8, 4) is 0 Å². The Morgan fingerprint density at radius 1 is 1.03 bits per heavy atom. The van der Waals surface area contributed by atoms with Crippen LogP contribution in [0.1, 0.15) is 28.8 Å². The van der Waals surface area contributed by atoms with Gasteiger partial charge < -0.3 is 14.5 Å². The topological polar surface area (TPSA) is 66.9 Å². The molecule has 2 aromatic carbocycles. The first kappa shape index (κ1) is 21.5. The Labute approximate surface area is 175 Å². The molecule has 0 saturated carbocycles. The molecule has 1 aliphatic heterocycles. The highest BCUT2D eigenvalue weighted by molar-refractivity contribution is 5.94. The Morgan fingerprint density at radius 2 is 1.67 bits per heavy atom. The Hall–Kier alpha value is -3.22. The van der Waals surface area contributed by atoms with Crippen molar-refractivity contribution in [2.24, 2.45) is 5.92 Å². The van der Waals surface area contributed by atoms with Crippen molar-refractivity contribution in [2.45, 2.75) is 19.4 Å². The molecule has 2 amide bonds. The number of benzene rings is 2. The lowest BCUT2D eigenvalue weighted by atomic mass is 9.94. The second-order valence-corrected chi connectivity index (χ2v) is 7.33. The van der Waals surface area contributed by atoms with Crippen LogP contribution in [0.3, 0.4) is 0 Å². The van der Waals surface area contributed by atoms with E-state index in [2.05, 4.69) is 0 Å². The summed E-state index contributed by atoms with van der Waals surface area (Å²) in [6.45, 7) is 1.08. The van der Waals surface area contributed by atoms with Crippen molar-refractivity contribution >= 4 is 17.8 Å². The molecule has 3 rings (SSSR count). The summed E-state index contributed by atoms with van der Waals surface area (Å²) in [5.74, 6) is -1.41. The minimum atomic E-state index is -0.469. The van der Waals surface area contributed by atoms with Crippen molar-refractivity contribution in [3.05, 3.63) is 71.5 Å². The zero-order valence-corrected chi connectivity index (χ0v) is 16.9. The van der Waals surface area contributed by atoms with Gasteiger partial charge in [-0.15, -0.1) is 0 Å². The molecule has 30 heavy (non-hydrogen) atoms. The maximum Gasteiger partial charge on any atom is 0.325 e. The fourth-order valence-electron chi connectivity index (χ4n) is 3.60. The average Bonchev–Trinajstić information content (AvgIpc) is 2.79. The van der Waals surface area contributed by atoms with E-state index >= 15 is 0 Å². The molecule has 2 aromatic rings. The monoisotopic (exact) mass is 412 g/mol.